The lowest BCUT2D eigenvalue weighted by Gasteiger charge is -2.42. The van der Waals surface area contributed by atoms with E-state index in [9.17, 15) is 0 Å². The van der Waals surface area contributed by atoms with Crippen molar-refractivity contribution in [2.45, 2.75) is 32.1 Å². The Balaban J connectivity index is 1.16. The molecule has 3 nitrogen and oxygen atoms in total. The highest BCUT2D eigenvalue weighted by molar-refractivity contribution is 6.08. The molecule has 0 aliphatic heterocycles. The second-order valence-electron chi connectivity index (χ2n) is 13.0. The molecule has 2 bridgehead atoms. The van der Waals surface area contributed by atoms with E-state index in [0.29, 0.717) is 5.71 Å². The van der Waals surface area contributed by atoms with Crippen LogP contribution in [0.4, 0.5) is 0 Å². The molecule has 4 aromatic carbocycles. The molecule has 0 fully saturated rings. The summed E-state index contributed by atoms with van der Waals surface area (Å²) in [5.74, 6) is 0.525. The van der Waals surface area contributed by atoms with Gasteiger partial charge < -0.3 is 4.42 Å². The van der Waals surface area contributed by atoms with Crippen LogP contribution in [0.2, 0.25) is 0 Å². The van der Waals surface area contributed by atoms with Gasteiger partial charge in [-0.05, 0) is 99.0 Å². The van der Waals surface area contributed by atoms with Crippen molar-refractivity contribution >= 4 is 34.2 Å². The molecular weight excluding hydrogens is 548 g/mol. The summed E-state index contributed by atoms with van der Waals surface area (Å²) in [6, 6.07) is 34.4. The minimum atomic E-state index is 0.247. The van der Waals surface area contributed by atoms with Gasteiger partial charge in [-0.2, -0.15) is 0 Å². The van der Waals surface area contributed by atoms with Crippen molar-refractivity contribution in [2.75, 3.05) is 0 Å². The van der Waals surface area contributed by atoms with Crippen molar-refractivity contribution in [3.63, 3.8) is 0 Å². The smallest absolute Gasteiger partial charge is 0.227 e. The van der Waals surface area contributed by atoms with Gasteiger partial charge in [0.1, 0.15) is 7.05 Å². The number of aromatic nitrogens is 2. The van der Waals surface area contributed by atoms with Crippen LogP contribution in [-0.2, 0) is 7.05 Å². The number of nitrogens with zero attached hydrogens (tertiary/aromatic N) is 2. The highest BCUT2D eigenvalue weighted by Crippen LogP contribution is 2.55. The molecule has 3 heterocycles. The molecule has 45 heavy (non-hydrogen) atoms. The topological polar surface area (TPSA) is 29.9 Å². The number of pyridine rings is 2. The maximum Gasteiger partial charge on any atom is 0.227 e. The Bertz CT molecular complexity index is 2570. The van der Waals surface area contributed by atoms with Crippen LogP contribution in [0.25, 0.3) is 56.6 Å². The quantitative estimate of drug-likeness (QED) is 0.196. The van der Waals surface area contributed by atoms with E-state index in [1.165, 1.54) is 60.5 Å². The predicted octanol–water partition coefficient (Wildman–Crippen LogP) is 7.71. The van der Waals surface area contributed by atoms with E-state index in [1.807, 2.05) is 6.92 Å². The zero-order valence-corrected chi connectivity index (χ0v) is 25.6. The summed E-state index contributed by atoms with van der Waals surface area (Å²) in [4.78, 5) is 4.70. The fourth-order valence-corrected chi connectivity index (χ4v) is 8.37. The van der Waals surface area contributed by atoms with Crippen molar-refractivity contribution in [1.82, 2.24) is 4.98 Å². The molecule has 0 spiro atoms. The van der Waals surface area contributed by atoms with Crippen molar-refractivity contribution in [3.05, 3.63) is 152 Å². The van der Waals surface area contributed by atoms with E-state index in [-0.39, 0.29) is 11.8 Å². The highest BCUT2D eigenvalue weighted by Gasteiger charge is 2.41. The average molecular weight is 580 g/mol. The summed E-state index contributed by atoms with van der Waals surface area (Å²) >= 11 is 0. The molecule has 2 unspecified atom stereocenters. The third kappa shape index (κ3) is 3.41. The highest BCUT2D eigenvalue weighted by atomic mass is 16.3. The molecule has 7 aromatic rings. The van der Waals surface area contributed by atoms with E-state index in [2.05, 4.69) is 128 Å². The van der Waals surface area contributed by atoms with Crippen LogP contribution in [0.1, 0.15) is 62.9 Å². The number of hydrogen-bond acceptors (Lipinski definition) is 2. The molecule has 0 saturated carbocycles. The van der Waals surface area contributed by atoms with Gasteiger partial charge in [0.05, 0.1) is 5.56 Å². The van der Waals surface area contributed by atoms with E-state index in [0.717, 1.165) is 39.7 Å². The summed E-state index contributed by atoms with van der Waals surface area (Å²) in [5.41, 5.74) is 17.2. The normalized spacial score (nSPS) is 17.0. The van der Waals surface area contributed by atoms with Gasteiger partial charge in [-0.15, -0.1) is 0 Å². The molecule has 3 aromatic heterocycles. The van der Waals surface area contributed by atoms with Gasteiger partial charge in [0.15, 0.2) is 11.8 Å². The zero-order valence-electron chi connectivity index (χ0n) is 25.6. The second-order valence-corrected chi connectivity index (χ2v) is 13.0. The van der Waals surface area contributed by atoms with Crippen LogP contribution in [0.3, 0.4) is 0 Å². The number of aryl methyl sites for hydroxylation is 3. The maximum absolute atomic E-state index is 6.48. The van der Waals surface area contributed by atoms with Gasteiger partial charge in [0.2, 0.25) is 11.4 Å². The van der Waals surface area contributed by atoms with E-state index < -0.39 is 0 Å². The summed E-state index contributed by atoms with van der Waals surface area (Å²) < 4.78 is 8.68. The Morgan fingerprint density at radius 3 is 2.11 bits per heavy atom. The molecule has 11 rings (SSSR count). The summed E-state index contributed by atoms with van der Waals surface area (Å²) in [5, 5.41) is 4.94. The third-order valence-corrected chi connectivity index (χ3v) is 10.5. The second kappa shape index (κ2) is 8.89. The number of furan rings is 1. The Morgan fingerprint density at radius 1 is 0.667 bits per heavy atom. The zero-order chi connectivity index (χ0) is 30.0. The lowest BCUT2D eigenvalue weighted by Crippen LogP contribution is -2.33. The molecule has 0 radical (unpaired) electrons. The number of fused-ring (bicyclic) bond motifs is 4. The summed E-state index contributed by atoms with van der Waals surface area (Å²) in [6.07, 6.45) is 7.95. The first-order chi connectivity index (χ1) is 22.0. The Kier molecular flexibility index (Phi) is 4.96. The van der Waals surface area contributed by atoms with Crippen LogP contribution in [0.5, 0.6) is 0 Å². The fourth-order valence-electron chi connectivity index (χ4n) is 8.37. The van der Waals surface area contributed by atoms with Gasteiger partial charge in [0, 0.05) is 40.4 Å². The Morgan fingerprint density at radius 2 is 1.33 bits per heavy atom. The molecular formula is C42H31N2O+. The van der Waals surface area contributed by atoms with E-state index in [1.54, 1.807) is 0 Å². The van der Waals surface area contributed by atoms with Crippen molar-refractivity contribution in [2.24, 2.45) is 7.05 Å². The molecule has 4 aliphatic rings. The van der Waals surface area contributed by atoms with Gasteiger partial charge in [-0.25, -0.2) is 9.55 Å². The molecule has 0 N–H and O–H groups in total. The molecule has 0 amide bonds. The number of benzene rings is 4. The first-order valence-electron chi connectivity index (χ1n) is 15.9. The number of hydrogen-bond donors (Lipinski definition) is 0. The monoisotopic (exact) mass is 579 g/mol. The lowest BCUT2D eigenvalue weighted by molar-refractivity contribution is -0.660. The first-order valence-corrected chi connectivity index (χ1v) is 15.9. The molecule has 0 saturated heterocycles. The van der Waals surface area contributed by atoms with Crippen LogP contribution >= 0.6 is 0 Å². The van der Waals surface area contributed by atoms with Crippen LogP contribution in [0, 0.1) is 13.8 Å². The third-order valence-electron chi connectivity index (χ3n) is 10.5. The largest absolute Gasteiger partial charge is 0.437 e. The molecule has 214 valence electrons. The van der Waals surface area contributed by atoms with Crippen LogP contribution in [-0.4, -0.2) is 4.98 Å². The van der Waals surface area contributed by atoms with E-state index >= 15 is 0 Å². The standard InChI is InChI=1S/C42H31N2O/c1-23-11-14-32-33-15-12-24(2)43-42(33)45-41(32)38(23)37-22-28(17-18-44(37)3)27-13-16-31-34(21-27)40-30-10-5-4-9-29(30)39(31)35-19-25-7-6-8-26(25)20-36(35)40/h4-5,7-22,39-40H,6H2,1-3H3/q+1. The SMILES string of the molecule is Cc1ccc2c(n1)oc1c(-c3cc(-c4ccc5c(c4)C4c6ccccc6C5c5cc6c(cc54)=CCC=6)cc[n+]3C)c(C)ccc12. The lowest BCUT2D eigenvalue weighted by atomic mass is 9.60. The van der Waals surface area contributed by atoms with Gasteiger partial charge >= 0.3 is 0 Å². The number of rotatable bonds is 2. The molecule has 2 atom stereocenters. The average Bonchev–Trinajstić information content (AvgIpc) is 3.67. The summed E-state index contributed by atoms with van der Waals surface area (Å²) in [7, 11) is 2.12. The van der Waals surface area contributed by atoms with Crippen molar-refractivity contribution < 1.29 is 8.98 Å². The Labute approximate surface area is 261 Å². The minimum absolute atomic E-state index is 0.247. The predicted molar refractivity (Wildman–Crippen MR) is 181 cm³/mol. The van der Waals surface area contributed by atoms with Gasteiger partial charge in [0.25, 0.3) is 0 Å². The molecule has 4 aliphatic carbocycles. The van der Waals surface area contributed by atoms with Crippen LogP contribution in [0.15, 0.2) is 102 Å². The van der Waals surface area contributed by atoms with Gasteiger partial charge in [-0.3, -0.25) is 0 Å². The van der Waals surface area contributed by atoms with E-state index in [4.69, 9.17) is 9.40 Å². The van der Waals surface area contributed by atoms with Crippen LogP contribution < -0.4 is 15.0 Å². The first kappa shape index (κ1) is 25.1. The molecule has 3 heteroatoms. The maximum atomic E-state index is 6.48. The van der Waals surface area contributed by atoms with Crippen molar-refractivity contribution in [1.29, 1.82) is 0 Å². The summed E-state index contributed by atoms with van der Waals surface area (Å²) in [6.45, 7) is 4.18. The van der Waals surface area contributed by atoms with Gasteiger partial charge in [-0.1, -0.05) is 72.8 Å². The van der Waals surface area contributed by atoms with Crippen molar-refractivity contribution in [3.8, 4) is 22.4 Å². The Hall–Kier alpha value is -5.28. The fraction of sp³-hybridized carbons (Fsp3) is 0.143. The minimum Gasteiger partial charge on any atom is -0.437 e.